The Hall–Kier alpha value is -2.57. The number of hydrogen-bond acceptors (Lipinski definition) is 4. The van der Waals surface area contributed by atoms with Gasteiger partial charge in [-0.3, -0.25) is 4.79 Å². The summed E-state index contributed by atoms with van der Waals surface area (Å²) in [6.07, 6.45) is 0. The fourth-order valence-electron chi connectivity index (χ4n) is 2.49. The Morgan fingerprint density at radius 2 is 2.00 bits per heavy atom. The number of likely N-dealkylation sites (N-methyl/N-ethyl adjacent to an activating group) is 1. The van der Waals surface area contributed by atoms with Gasteiger partial charge in [0.25, 0.3) is 5.91 Å². The molecule has 0 fully saturated rings. The first-order valence-corrected chi connectivity index (χ1v) is 8.26. The first-order valence-electron chi connectivity index (χ1n) is 7.89. The Bertz CT molecular complexity index is 855. The third-order valence-electron chi connectivity index (χ3n) is 3.62. The van der Waals surface area contributed by atoms with E-state index in [4.69, 9.17) is 20.5 Å². The quantitative estimate of drug-likeness (QED) is 0.708. The van der Waals surface area contributed by atoms with Crippen LogP contribution >= 0.6 is 11.6 Å². The second kappa shape index (κ2) is 7.55. The molecule has 1 aromatic carbocycles. The largest absolute Gasteiger partial charge is 0.455 e. The van der Waals surface area contributed by atoms with Crippen molar-refractivity contribution < 1.29 is 18.6 Å². The van der Waals surface area contributed by atoms with Gasteiger partial charge < -0.3 is 19.2 Å². The van der Waals surface area contributed by atoms with E-state index in [1.165, 1.54) is 0 Å². The minimum Gasteiger partial charge on any atom is -0.455 e. The molecule has 25 heavy (non-hydrogen) atoms. The molecule has 7 heteroatoms. The second-order valence-corrected chi connectivity index (χ2v) is 6.39. The van der Waals surface area contributed by atoms with Crippen LogP contribution in [0.4, 0.5) is 5.82 Å². The first-order chi connectivity index (χ1) is 12.0. The maximum absolute atomic E-state index is 12.0. The van der Waals surface area contributed by atoms with Crippen LogP contribution in [0.25, 0.3) is 11.3 Å². The molecular formula is C18H19ClN3O3+. The molecular weight excluding hydrogens is 342 g/mol. The maximum atomic E-state index is 12.0. The van der Waals surface area contributed by atoms with E-state index in [1.807, 2.05) is 43.4 Å². The van der Waals surface area contributed by atoms with Crippen LogP contribution in [0.2, 0.25) is 5.02 Å². The molecule has 3 aromatic rings. The number of nitrogens with zero attached hydrogens (tertiary/aromatic N) is 1. The van der Waals surface area contributed by atoms with E-state index in [9.17, 15) is 4.79 Å². The summed E-state index contributed by atoms with van der Waals surface area (Å²) in [5.41, 5.74) is 0.965. The van der Waals surface area contributed by atoms with E-state index in [0.717, 1.165) is 22.0 Å². The van der Waals surface area contributed by atoms with Gasteiger partial charge in [0.2, 0.25) is 0 Å². The highest BCUT2D eigenvalue weighted by molar-refractivity contribution is 6.30. The molecule has 0 aliphatic rings. The fraction of sp³-hybridized carbons (Fsp3) is 0.222. The third kappa shape index (κ3) is 4.71. The molecule has 3 rings (SSSR count). The number of aryl methyl sites for hydroxylation is 1. The van der Waals surface area contributed by atoms with Crippen molar-refractivity contribution in [3.8, 4) is 11.3 Å². The summed E-state index contributed by atoms with van der Waals surface area (Å²) in [7, 11) is 1.93. The van der Waals surface area contributed by atoms with Crippen LogP contribution in [0.3, 0.4) is 0 Å². The number of quaternary nitrogens is 1. The number of anilines is 1. The summed E-state index contributed by atoms with van der Waals surface area (Å²) < 4.78 is 10.8. The third-order valence-corrected chi connectivity index (χ3v) is 3.88. The van der Waals surface area contributed by atoms with Crippen LogP contribution in [0, 0.1) is 6.92 Å². The van der Waals surface area contributed by atoms with Gasteiger partial charge in [-0.05, 0) is 43.3 Å². The molecule has 1 amide bonds. The van der Waals surface area contributed by atoms with Crippen molar-refractivity contribution in [1.29, 1.82) is 0 Å². The van der Waals surface area contributed by atoms with Crippen molar-refractivity contribution in [2.75, 3.05) is 18.9 Å². The van der Waals surface area contributed by atoms with Crippen molar-refractivity contribution in [2.45, 2.75) is 13.5 Å². The summed E-state index contributed by atoms with van der Waals surface area (Å²) in [4.78, 5) is 13.0. The van der Waals surface area contributed by atoms with Crippen molar-refractivity contribution in [3.05, 3.63) is 59.0 Å². The number of benzene rings is 1. The van der Waals surface area contributed by atoms with Crippen molar-refractivity contribution in [1.82, 2.24) is 5.16 Å². The number of carbonyl (C=O) groups excluding carboxylic acids is 1. The molecule has 0 aliphatic heterocycles. The highest BCUT2D eigenvalue weighted by atomic mass is 35.5. The van der Waals surface area contributed by atoms with Gasteiger partial charge in [0.1, 0.15) is 18.1 Å². The van der Waals surface area contributed by atoms with Gasteiger partial charge in [0.05, 0.1) is 7.05 Å². The molecule has 130 valence electrons. The minimum atomic E-state index is -0.129. The van der Waals surface area contributed by atoms with Gasteiger partial charge in [-0.2, -0.15) is 0 Å². The first kappa shape index (κ1) is 17.3. The molecule has 1 unspecified atom stereocenters. The molecule has 1 atom stereocenters. The standard InChI is InChI=1S/C18H18ClN3O3/c1-12-9-17(21-25-12)20-18(23)11-22(2)10-15-7-8-16(24-15)13-3-5-14(19)6-4-13/h3-9H,10-11H2,1-2H3,(H,20,21,23)/p+1. The fourth-order valence-corrected chi connectivity index (χ4v) is 2.61. The number of nitrogens with one attached hydrogen (secondary N) is 2. The molecule has 6 nitrogen and oxygen atoms in total. The van der Waals surface area contributed by atoms with Gasteiger partial charge in [-0.25, -0.2) is 0 Å². The highest BCUT2D eigenvalue weighted by Gasteiger charge is 2.15. The SMILES string of the molecule is Cc1cc(NC(=O)C[NH+](C)Cc2ccc(-c3ccc(Cl)cc3)o2)no1. The number of hydrogen-bond donors (Lipinski definition) is 2. The van der Waals surface area contributed by atoms with Crippen LogP contribution < -0.4 is 10.2 Å². The Balaban J connectivity index is 1.55. The molecule has 0 saturated carbocycles. The van der Waals surface area contributed by atoms with Gasteiger partial charge in [0, 0.05) is 16.7 Å². The zero-order valence-electron chi connectivity index (χ0n) is 14.0. The molecule has 2 N–H and O–H groups in total. The predicted octanol–water partition coefficient (Wildman–Crippen LogP) is 2.55. The number of halogens is 1. The van der Waals surface area contributed by atoms with Crippen molar-refractivity contribution in [2.24, 2.45) is 0 Å². The number of rotatable bonds is 6. The zero-order valence-corrected chi connectivity index (χ0v) is 14.8. The van der Waals surface area contributed by atoms with Gasteiger partial charge in [-0.1, -0.05) is 16.8 Å². The molecule has 0 saturated heterocycles. The monoisotopic (exact) mass is 360 g/mol. The van der Waals surface area contributed by atoms with Crippen molar-refractivity contribution >= 4 is 23.3 Å². The smallest absolute Gasteiger partial charge is 0.280 e. The Kier molecular flexibility index (Phi) is 5.21. The Morgan fingerprint density at radius 1 is 1.24 bits per heavy atom. The molecule has 2 aromatic heterocycles. The van der Waals surface area contributed by atoms with Crippen LogP contribution in [-0.2, 0) is 11.3 Å². The zero-order chi connectivity index (χ0) is 17.8. The Morgan fingerprint density at radius 3 is 2.68 bits per heavy atom. The minimum absolute atomic E-state index is 0.129. The van der Waals surface area contributed by atoms with Crippen LogP contribution in [0.15, 0.2) is 51.4 Å². The van der Waals surface area contributed by atoms with E-state index in [2.05, 4.69) is 10.5 Å². The van der Waals surface area contributed by atoms with E-state index in [0.29, 0.717) is 29.7 Å². The number of aromatic nitrogens is 1. The van der Waals surface area contributed by atoms with E-state index in [-0.39, 0.29) is 5.91 Å². The van der Waals surface area contributed by atoms with Gasteiger partial charge >= 0.3 is 0 Å². The predicted molar refractivity (Wildman–Crippen MR) is 94.5 cm³/mol. The van der Waals surface area contributed by atoms with Crippen LogP contribution in [-0.4, -0.2) is 24.7 Å². The molecule has 0 radical (unpaired) electrons. The molecule has 0 aliphatic carbocycles. The van der Waals surface area contributed by atoms with E-state index in [1.54, 1.807) is 13.0 Å². The second-order valence-electron chi connectivity index (χ2n) is 5.95. The summed E-state index contributed by atoms with van der Waals surface area (Å²) in [6, 6.07) is 13.0. The molecule has 0 bridgehead atoms. The highest BCUT2D eigenvalue weighted by Crippen LogP contribution is 2.23. The van der Waals surface area contributed by atoms with Gasteiger partial charge in [-0.15, -0.1) is 0 Å². The lowest BCUT2D eigenvalue weighted by Crippen LogP contribution is -3.08. The number of carbonyl (C=O) groups is 1. The average molecular weight is 361 g/mol. The van der Waals surface area contributed by atoms with E-state index >= 15 is 0 Å². The summed E-state index contributed by atoms with van der Waals surface area (Å²) in [5.74, 6) is 2.55. The van der Waals surface area contributed by atoms with Crippen LogP contribution in [0.1, 0.15) is 11.5 Å². The number of furan rings is 1. The van der Waals surface area contributed by atoms with Gasteiger partial charge in [0.15, 0.2) is 18.1 Å². The normalized spacial score (nSPS) is 12.1. The summed E-state index contributed by atoms with van der Waals surface area (Å²) >= 11 is 5.90. The lowest BCUT2D eigenvalue weighted by atomic mass is 10.2. The number of amides is 1. The Labute approximate surface area is 150 Å². The average Bonchev–Trinajstić information content (AvgIpc) is 3.17. The molecule has 0 spiro atoms. The van der Waals surface area contributed by atoms with Crippen LogP contribution in [0.5, 0.6) is 0 Å². The van der Waals surface area contributed by atoms with E-state index < -0.39 is 0 Å². The molecule has 2 heterocycles. The lowest BCUT2D eigenvalue weighted by molar-refractivity contribution is -0.886. The lowest BCUT2D eigenvalue weighted by Gasteiger charge is -2.11. The topological polar surface area (TPSA) is 72.7 Å². The summed E-state index contributed by atoms with van der Waals surface area (Å²) in [6.45, 7) is 2.66. The van der Waals surface area contributed by atoms with Crippen molar-refractivity contribution in [3.63, 3.8) is 0 Å². The summed E-state index contributed by atoms with van der Waals surface area (Å²) in [5, 5.41) is 7.14. The maximum Gasteiger partial charge on any atom is 0.280 e.